The van der Waals surface area contributed by atoms with E-state index < -0.39 is 0 Å². The molecule has 3 aromatic rings. The summed E-state index contributed by atoms with van der Waals surface area (Å²) < 4.78 is 0. The first kappa shape index (κ1) is 19.9. The summed E-state index contributed by atoms with van der Waals surface area (Å²) in [4.78, 5) is 22.9. The standard InChI is InChI=1S/C24H27N3OS2/c28-23(26-13-11-25(12-14-26)17-19-5-2-1-3-6-19)18-27-10-8-21-20(9-16-30-21)24(27)22-7-4-15-29-22/h1-7,9,15-16,24H,8,10-14,17-18H2. The van der Waals surface area contributed by atoms with Gasteiger partial charge < -0.3 is 4.90 Å². The lowest BCUT2D eigenvalue weighted by molar-refractivity contribution is -0.134. The van der Waals surface area contributed by atoms with Gasteiger partial charge in [-0.2, -0.15) is 0 Å². The second kappa shape index (κ2) is 9.02. The number of benzene rings is 1. The zero-order valence-electron chi connectivity index (χ0n) is 17.1. The number of carbonyl (C=O) groups is 1. The average molecular weight is 438 g/mol. The summed E-state index contributed by atoms with van der Waals surface area (Å²) in [7, 11) is 0. The molecule has 2 aliphatic heterocycles. The first-order chi connectivity index (χ1) is 14.8. The molecule has 1 amide bonds. The van der Waals surface area contributed by atoms with Crippen molar-refractivity contribution in [3.63, 3.8) is 0 Å². The topological polar surface area (TPSA) is 26.8 Å². The number of amides is 1. The Morgan fingerprint density at radius 3 is 2.50 bits per heavy atom. The van der Waals surface area contributed by atoms with E-state index in [0.29, 0.717) is 6.54 Å². The highest BCUT2D eigenvalue weighted by atomic mass is 32.1. The molecule has 0 spiro atoms. The van der Waals surface area contributed by atoms with E-state index in [0.717, 1.165) is 45.7 Å². The number of rotatable bonds is 5. The molecule has 4 nitrogen and oxygen atoms in total. The fourth-order valence-electron chi connectivity index (χ4n) is 4.59. The Morgan fingerprint density at radius 1 is 0.900 bits per heavy atom. The Kier molecular flexibility index (Phi) is 6.00. The largest absolute Gasteiger partial charge is 0.339 e. The van der Waals surface area contributed by atoms with E-state index in [1.54, 1.807) is 11.3 Å². The van der Waals surface area contributed by atoms with Gasteiger partial charge in [0.2, 0.25) is 5.91 Å². The zero-order valence-corrected chi connectivity index (χ0v) is 18.7. The summed E-state index contributed by atoms with van der Waals surface area (Å²) in [6, 6.07) is 17.4. The summed E-state index contributed by atoms with van der Waals surface area (Å²) in [6.45, 7) is 5.98. The predicted molar refractivity (Wildman–Crippen MR) is 124 cm³/mol. The van der Waals surface area contributed by atoms with Gasteiger partial charge in [0.05, 0.1) is 12.6 Å². The molecule has 1 saturated heterocycles. The summed E-state index contributed by atoms with van der Waals surface area (Å²) in [5.41, 5.74) is 2.74. The lowest BCUT2D eigenvalue weighted by Crippen LogP contribution is -2.51. The molecule has 2 aromatic heterocycles. The van der Waals surface area contributed by atoms with Crippen molar-refractivity contribution in [1.29, 1.82) is 0 Å². The van der Waals surface area contributed by atoms with Crippen LogP contribution in [0.1, 0.15) is 26.9 Å². The molecule has 0 aliphatic carbocycles. The van der Waals surface area contributed by atoms with E-state index in [-0.39, 0.29) is 11.9 Å². The molecule has 5 rings (SSSR count). The average Bonchev–Trinajstić information content (AvgIpc) is 3.47. The molecule has 2 aliphatic rings. The smallest absolute Gasteiger partial charge is 0.236 e. The molecule has 0 radical (unpaired) electrons. The number of carbonyl (C=O) groups excluding carboxylic acids is 1. The third-order valence-corrected chi connectivity index (χ3v) is 8.11. The monoisotopic (exact) mass is 437 g/mol. The number of thiophene rings is 2. The summed E-state index contributed by atoms with van der Waals surface area (Å²) >= 11 is 3.65. The molecule has 1 unspecified atom stereocenters. The maximum absolute atomic E-state index is 13.2. The van der Waals surface area contributed by atoms with Crippen molar-refractivity contribution in [2.24, 2.45) is 0 Å². The lowest BCUT2D eigenvalue weighted by Gasteiger charge is -2.38. The third-order valence-electron chi connectivity index (χ3n) is 6.19. The van der Waals surface area contributed by atoms with Gasteiger partial charge in [-0.3, -0.25) is 14.6 Å². The van der Waals surface area contributed by atoms with Crippen molar-refractivity contribution in [1.82, 2.24) is 14.7 Å². The van der Waals surface area contributed by atoms with Crippen LogP contribution in [0.4, 0.5) is 0 Å². The van der Waals surface area contributed by atoms with Crippen LogP contribution in [0.15, 0.2) is 59.3 Å². The Bertz CT molecular complexity index is 962. The van der Waals surface area contributed by atoms with Crippen LogP contribution in [0.5, 0.6) is 0 Å². The molecule has 0 saturated carbocycles. The molecule has 0 N–H and O–H groups in total. The van der Waals surface area contributed by atoms with E-state index in [4.69, 9.17) is 0 Å². The Hall–Kier alpha value is -1.99. The number of fused-ring (bicyclic) bond motifs is 1. The minimum atomic E-state index is 0.225. The molecular weight excluding hydrogens is 410 g/mol. The van der Waals surface area contributed by atoms with E-state index in [2.05, 4.69) is 74.0 Å². The van der Waals surface area contributed by atoms with Crippen molar-refractivity contribution in [3.8, 4) is 0 Å². The molecular formula is C24H27N3OS2. The van der Waals surface area contributed by atoms with Gasteiger partial charge in [-0.1, -0.05) is 36.4 Å². The van der Waals surface area contributed by atoms with Crippen LogP contribution in [0.25, 0.3) is 0 Å². The number of hydrogen-bond donors (Lipinski definition) is 0. The van der Waals surface area contributed by atoms with Crippen LogP contribution in [-0.4, -0.2) is 59.9 Å². The Morgan fingerprint density at radius 2 is 1.73 bits per heavy atom. The van der Waals surface area contributed by atoms with Crippen molar-refractivity contribution >= 4 is 28.6 Å². The quantitative estimate of drug-likeness (QED) is 0.601. The minimum Gasteiger partial charge on any atom is -0.339 e. The molecule has 156 valence electrons. The van der Waals surface area contributed by atoms with Gasteiger partial charge in [-0.15, -0.1) is 22.7 Å². The van der Waals surface area contributed by atoms with Gasteiger partial charge in [0, 0.05) is 49.0 Å². The maximum Gasteiger partial charge on any atom is 0.236 e. The van der Waals surface area contributed by atoms with Crippen molar-refractivity contribution in [2.45, 2.75) is 19.0 Å². The first-order valence-electron chi connectivity index (χ1n) is 10.7. The third kappa shape index (κ3) is 4.23. The predicted octanol–water partition coefficient (Wildman–Crippen LogP) is 4.10. The van der Waals surface area contributed by atoms with Crippen molar-refractivity contribution in [3.05, 3.63) is 80.2 Å². The summed E-state index contributed by atoms with van der Waals surface area (Å²) in [5.74, 6) is 0.273. The molecule has 6 heteroatoms. The fourth-order valence-corrected chi connectivity index (χ4v) is 6.37. The highest BCUT2D eigenvalue weighted by Crippen LogP contribution is 2.39. The van der Waals surface area contributed by atoms with Crippen molar-refractivity contribution in [2.75, 3.05) is 39.3 Å². The molecule has 4 heterocycles. The summed E-state index contributed by atoms with van der Waals surface area (Å²) in [5, 5.41) is 4.34. The first-order valence-corrected chi connectivity index (χ1v) is 12.4. The SMILES string of the molecule is O=C(CN1CCc2sccc2C1c1cccs1)N1CCN(Cc2ccccc2)CC1. The maximum atomic E-state index is 13.2. The van der Waals surface area contributed by atoms with Gasteiger partial charge >= 0.3 is 0 Å². The molecule has 1 aromatic carbocycles. The fraction of sp³-hybridized carbons (Fsp3) is 0.375. The Labute approximate surface area is 186 Å². The van der Waals surface area contributed by atoms with E-state index in [9.17, 15) is 4.79 Å². The van der Waals surface area contributed by atoms with E-state index in [1.165, 1.54) is 20.9 Å². The van der Waals surface area contributed by atoms with Gasteiger partial charge in [0.15, 0.2) is 0 Å². The van der Waals surface area contributed by atoms with Crippen molar-refractivity contribution < 1.29 is 4.79 Å². The van der Waals surface area contributed by atoms with Crippen LogP contribution in [-0.2, 0) is 17.8 Å². The summed E-state index contributed by atoms with van der Waals surface area (Å²) in [6.07, 6.45) is 1.05. The van der Waals surface area contributed by atoms with Gasteiger partial charge in [-0.25, -0.2) is 0 Å². The van der Waals surface area contributed by atoms with Crippen LogP contribution in [0, 0.1) is 0 Å². The Balaban J connectivity index is 1.21. The van der Waals surface area contributed by atoms with Crippen LogP contribution in [0.3, 0.4) is 0 Å². The van der Waals surface area contributed by atoms with Gasteiger partial charge in [0.1, 0.15) is 0 Å². The molecule has 30 heavy (non-hydrogen) atoms. The number of piperazine rings is 1. The van der Waals surface area contributed by atoms with Crippen LogP contribution in [0.2, 0.25) is 0 Å². The second-order valence-corrected chi connectivity index (χ2v) is 10.1. The molecule has 1 fully saturated rings. The van der Waals surface area contributed by atoms with Crippen LogP contribution < -0.4 is 0 Å². The molecule has 0 bridgehead atoms. The number of hydrogen-bond acceptors (Lipinski definition) is 5. The highest BCUT2D eigenvalue weighted by molar-refractivity contribution is 7.10. The minimum absolute atomic E-state index is 0.225. The van der Waals surface area contributed by atoms with Gasteiger partial charge in [0.25, 0.3) is 0 Å². The highest BCUT2D eigenvalue weighted by Gasteiger charge is 2.33. The van der Waals surface area contributed by atoms with E-state index in [1.807, 2.05) is 11.3 Å². The lowest BCUT2D eigenvalue weighted by atomic mass is 9.98. The van der Waals surface area contributed by atoms with Crippen LogP contribution >= 0.6 is 22.7 Å². The van der Waals surface area contributed by atoms with Gasteiger partial charge in [-0.05, 0) is 40.4 Å². The second-order valence-electron chi connectivity index (χ2n) is 8.08. The van der Waals surface area contributed by atoms with E-state index >= 15 is 0 Å². The molecule has 1 atom stereocenters. The zero-order chi connectivity index (χ0) is 20.3. The number of nitrogens with zero attached hydrogens (tertiary/aromatic N) is 3. The normalized spacial score (nSPS) is 20.3.